The highest BCUT2D eigenvalue weighted by Gasteiger charge is 2.49. The lowest BCUT2D eigenvalue weighted by Crippen LogP contribution is -2.56. The highest BCUT2D eigenvalue weighted by atomic mass is 16.6. The Morgan fingerprint density at radius 1 is 1.50 bits per heavy atom. The molecule has 0 aromatic carbocycles. The van der Waals surface area contributed by atoms with Crippen LogP contribution < -0.4 is 0 Å². The zero-order valence-electron chi connectivity index (χ0n) is 11.6. The predicted molar refractivity (Wildman–Crippen MR) is 64.8 cm³/mol. The van der Waals surface area contributed by atoms with E-state index >= 15 is 0 Å². The average molecular weight is 258 g/mol. The van der Waals surface area contributed by atoms with Crippen molar-refractivity contribution in [1.82, 2.24) is 0 Å². The Bertz CT molecular complexity index is 353. The van der Waals surface area contributed by atoms with Gasteiger partial charge in [-0.2, -0.15) is 0 Å². The van der Waals surface area contributed by atoms with Gasteiger partial charge in [-0.3, -0.25) is 9.59 Å². The molecule has 0 amide bonds. The van der Waals surface area contributed by atoms with Gasteiger partial charge in [-0.1, -0.05) is 20.8 Å². The summed E-state index contributed by atoms with van der Waals surface area (Å²) < 4.78 is 5.21. The van der Waals surface area contributed by atoms with Crippen molar-refractivity contribution in [3.8, 4) is 0 Å². The number of hydrogen-bond donors (Lipinski definition) is 2. The highest BCUT2D eigenvalue weighted by molar-refractivity contribution is 5.90. The van der Waals surface area contributed by atoms with E-state index in [1.165, 1.54) is 13.8 Å². The molecule has 18 heavy (non-hydrogen) atoms. The third kappa shape index (κ3) is 2.96. The first-order valence-corrected chi connectivity index (χ1v) is 6.07. The molecule has 0 radical (unpaired) electrons. The molecular formula is C13H22O5. The van der Waals surface area contributed by atoms with Crippen LogP contribution >= 0.6 is 0 Å². The third-order valence-electron chi connectivity index (χ3n) is 3.40. The van der Waals surface area contributed by atoms with Crippen LogP contribution in [0.25, 0.3) is 0 Å². The molecule has 0 aromatic heterocycles. The van der Waals surface area contributed by atoms with Crippen LogP contribution in [0.2, 0.25) is 0 Å². The SMILES string of the molecule is CC(=O)[C@@H](C1C[C@](C)(O)C(=O)[C@@H](O)O1)C(C)(C)C. The second kappa shape index (κ2) is 4.72. The van der Waals surface area contributed by atoms with Crippen LogP contribution in [0.15, 0.2) is 0 Å². The van der Waals surface area contributed by atoms with Gasteiger partial charge in [0.15, 0.2) is 0 Å². The molecule has 1 heterocycles. The van der Waals surface area contributed by atoms with Crippen LogP contribution in [0.3, 0.4) is 0 Å². The Labute approximate surface area is 107 Å². The van der Waals surface area contributed by atoms with E-state index in [0.29, 0.717) is 0 Å². The van der Waals surface area contributed by atoms with Gasteiger partial charge in [0, 0.05) is 12.3 Å². The van der Waals surface area contributed by atoms with Crippen LogP contribution in [0.1, 0.15) is 41.0 Å². The van der Waals surface area contributed by atoms with E-state index in [1.54, 1.807) is 0 Å². The summed E-state index contributed by atoms with van der Waals surface area (Å²) in [7, 11) is 0. The summed E-state index contributed by atoms with van der Waals surface area (Å²) in [6.07, 6.45) is -2.31. The number of carbonyl (C=O) groups excluding carboxylic acids is 2. The summed E-state index contributed by atoms with van der Waals surface area (Å²) in [5.41, 5.74) is -2.02. The van der Waals surface area contributed by atoms with Crippen LogP contribution in [0.5, 0.6) is 0 Å². The zero-order valence-corrected chi connectivity index (χ0v) is 11.6. The molecule has 5 nitrogen and oxygen atoms in total. The largest absolute Gasteiger partial charge is 0.382 e. The first kappa shape index (κ1) is 15.3. The van der Waals surface area contributed by atoms with Crippen molar-refractivity contribution >= 4 is 11.6 Å². The van der Waals surface area contributed by atoms with Crippen LogP contribution in [-0.4, -0.2) is 39.8 Å². The molecule has 0 aliphatic carbocycles. The standard InChI is InChI=1S/C13H22O5/c1-7(14)9(12(2,3)4)8-6-13(5,17)10(15)11(16)18-8/h8-9,11,16-17H,6H2,1-5H3/t8?,9-,11-,13-/m0/s1. The Kier molecular flexibility index (Phi) is 4.00. The van der Waals surface area contributed by atoms with Gasteiger partial charge in [0.25, 0.3) is 0 Å². The maximum absolute atomic E-state index is 11.8. The molecule has 0 spiro atoms. The number of rotatable bonds is 2. The summed E-state index contributed by atoms with van der Waals surface area (Å²) in [5, 5.41) is 19.5. The van der Waals surface area contributed by atoms with E-state index in [0.717, 1.165) is 0 Å². The topological polar surface area (TPSA) is 83.8 Å². The molecule has 1 aliphatic heterocycles. The number of aliphatic hydroxyl groups is 2. The molecule has 4 atom stereocenters. The molecule has 104 valence electrons. The molecule has 1 fully saturated rings. The second-order valence-electron chi connectivity index (χ2n) is 6.32. The van der Waals surface area contributed by atoms with Crippen LogP contribution in [0.4, 0.5) is 0 Å². The third-order valence-corrected chi connectivity index (χ3v) is 3.40. The summed E-state index contributed by atoms with van der Waals surface area (Å²) in [6.45, 7) is 8.46. The molecule has 1 rings (SSSR count). The van der Waals surface area contributed by atoms with Gasteiger partial charge in [0.05, 0.1) is 6.10 Å². The molecule has 0 bridgehead atoms. The number of ketones is 2. The van der Waals surface area contributed by atoms with Crippen LogP contribution in [0, 0.1) is 11.3 Å². The Balaban J connectivity index is 3.02. The van der Waals surface area contributed by atoms with Gasteiger partial charge in [0.1, 0.15) is 11.4 Å². The number of aliphatic hydroxyl groups excluding tert-OH is 1. The Morgan fingerprint density at radius 2 is 2.00 bits per heavy atom. The minimum atomic E-state index is -1.66. The quantitative estimate of drug-likeness (QED) is 0.760. The van der Waals surface area contributed by atoms with Crippen molar-refractivity contribution < 1.29 is 24.5 Å². The highest BCUT2D eigenvalue weighted by Crippen LogP contribution is 2.37. The lowest BCUT2D eigenvalue weighted by molar-refractivity contribution is -0.220. The number of ether oxygens (including phenoxy) is 1. The summed E-state index contributed by atoms with van der Waals surface area (Å²) in [6, 6.07) is 0. The minimum Gasteiger partial charge on any atom is -0.382 e. The number of Topliss-reactive ketones (excluding diaryl/α,β-unsaturated/α-hetero) is 2. The Morgan fingerprint density at radius 3 is 2.33 bits per heavy atom. The second-order valence-corrected chi connectivity index (χ2v) is 6.32. The van der Waals surface area contributed by atoms with E-state index in [2.05, 4.69) is 0 Å². The maximum Gasteiger partial charge on any atom is 0.219 e. The maximum atomic E-state index is 11.8. The summed E-state index contributed by atoms with van der Waals surface area (Å²) >= 11 is 0. The predicted octanol–water partition coefficient (Wildman–Crippen LogP) is 0.665. The van der Waals surface area contributed by atoms with Crippen LogP contribution in [-0.2, 0) is 14.3 Å². The van der Waals surface area contributed by atoms with Crippen molar-refractivity contribution in [1.29, 1.82) is 0 Å². The molecule has 1 aliphatic rings. The van der Waals surface area contributed by atoms with Crippen molar-refractivity contribution in [3.63, 3.8) is 0 Å². The van der Waals surface area contributed by atoms with E-state index in [-0.39, 0.29) is 17.6 Å². The Hall–Kier alpha value is -0.780. The number of hydrogen-bond acceptors (Lipinski definition) is 5. The molecule has 5 heteroatoms. The van der Waals surface area contributed by atoms with E-state index in [9.17, 15) is 19.8 Å². The van der Waals surface area contributed by atoms with Crippen molar-refractivity contribution in [2.24, 2.45) is 11.3 Å². The van der Waals surface area contributed by atoms with E-state index < -0.39 is 29.7 Å². The van der Waals surface area contributed by atoms with Crippen molar-refractivity contribution in [2.45, 2.75) is 59.0 Å². The van der Waals surface area contributed by atoms with Crippen molar-refractivity contribution in [3.05, 3.63) is 0 Å². The molecular weight excluding hydrogens is 236 g/mol. The first-order chi connectivity index (χ1) is 7.97. The average Bonchev–Trinajstić information content (AvgIpc) is 2.10. The molecule has 1 saturated heterocycles. The number of carbonyl (C=O) groups is 2. The minimum absolute atomic E-state index is 0.0183. The molecule has 0 aromatic rings. The zero-order chi connectivity index (χ0) is 14.3. The van der Waals surface area contributed by atoms with Gasteiger partial charge in [0.2, 0.25) is 12.1 Å². The lowest BCUT2D eigenvalue weighted by Gasteiger charge is -2.42. The lowest BCUT2D eigenvalue weighted by atomic mass is 9.71. The smallest absolute Gasteiger partial charge is 0.219 e. The van der Waals surface area contributed by atoms with E-state index in [1.807, 2.05) is 20.8 Å². The molecule has 2 N–H and O–H groups in total. The monoisotopic (exact) mass is 258 g/mol. The fourth-order valence-corrected chi connectivity index (χ4v) is 2.66. The van der Waals surface area contributed by atoms with Gasteiger partial charge in [-0.25, -0.2) is 0 Å². The first-order valence-electron chi connectivity index (χ1n) is 6.07. The fourth-order valence-electron chi connectivity index (χ4n) is 2.66. The van der Waals surface area contributed by atoms with Gasteiger partial charge in [-0.05, 0) is 19.3 Å². The normalized spacial score (nSPS) is 35.4. The molecule has 1 unspecified atom stereocenters. The van der Waals surface area contributed by atoms with Gasteiger partial charge in [-0.15, -0.1) is 0 Å². The van der Waals surface area contributed by atoms with Gasteiger partial charge < -0.3 is 14.9 Å². The fraction of sp³-hybridized carbons (Fsp3) is 0.846. The molecule has 0 saturated carbocycles. The summed E-state index contributed by atoms with van der Waals surface area (Å²) in [4.78, 5) is 23.3. The van der Waals surface area contributed by atoms with Gasteiger partial charge >= 0.3 is 0 Å². The van der Waals surface area contributed by atoms with E-state index in [4.69, 9.17) is 4.74 Å². The summed E-state index contributed by atoms with van der Waals surface area (Å²) in [5.74, 6) is -1.31. The van der Waals surface area contributed by atoms with Crippen molar-refractivity contribution in [2.75, 3.05) is 0 Å².